The molecule has 4 aromatic rings. The fraction of sp³-hybridized carbons (Fsp3) is 0. The fourth-order valence-electron chi connectivity index (χ4n) is 3.71. The van der Waals surface area contributed by atoms with Gasteiger partial charge in [0.05, 0.1) is 5.56 Å². The van der Waals surface area contributed by atoms with Crippen molar-refractivity contribution < 1.29 is 14.4 Å². The van der Waals surface area contributed by atoms with Gasteiger partial charge in [0.15, 0.2) is 11.6 Å². The van der Waals surface area contributed by atoms with Crippen LogP contribution < -0.4 is 0 Å². The molecule has 0 unspecified atom stereocenters. The topological polar surface area (TPSA) is 55.6 Å². The zero-order valence-corrected chi connectivity index (χ0v) is 16.1. The predicted octanol–water partition coefficient (Wildman–Crippen LogP) is 4.71. The van der Waals surface area contributed by atoms with Crippen LogP contribution in [0.5, 0.6) is 0 Å². The molecule has 4 nitrogen and oxygen atoms in total. The van der Waals surface area contributed by atoms with E-state index in [9.17, 15) is 14.4 Å². The molecule has 2 aromatic heterocycles. The van der Waals surface area contributed by atoms with Crippen molar-refractivity contribution in [1.29, 1.82) is 0 Å². The molecule has 0 radical (unpaired) electrons. The molecule has 0 saturated heterocycles. The summed E-state index contributed by atoms with van der Waals surface area (Å²) in [4.78, 5) is 39.8. The Kier molecular flexibility index (Phi) is 3.67. The second kappa shape index (κ2) is 6.11. The van der Waals surface area contributed by atoms with Crippen LogP contribution in [-0.4, -0.2) is 21.8 Å². The molecule has 2 aromatic carbocycles. The van der Waals surface area contributed by atoms with Gasteiger partial charge in [0.1, 0.15) is 5.69 Å². The van der Waals surface area contributed by atoms with Crippen molar-refractivity contribution in [1.82, 2.24) is 4.40 Å². The SMILES string of the molecule is O=C1c2ccccc2C(=O)c2c1cc1cccn1c2C(=O)c1ccc(Br)cc1. The summed E-state index contributed by atoms with van der Waals surface area (Å²) >= 11 is 3.36. The van der Waals surface area contributed by atoms with Crippen LogP contribution in [0.3, 0.4) is 0 Å². The van der Waals surface area contributed by atoms with Crippen LogP contribution in [0.25, 0.3) is 5.52 Å². The van der Waals surface area contributed by atoms with Crippen LogP contribution in [0.15, 0.2) is 77.4 Å². The molecule has 0 aliphatic heterocycles. The van der Waals surface area contributed by atoms with E-state index in [1.165, 1.54) is 0 Å². The number of fused-ring (bicyclic) bond motifs is 3. The second-order valence-electron chi connectivity index (χ2n) is 6.62. The molecule has 0 bridgehead atoms. The van der Waals surface area contributed by atoms with Crippen molar-refractivity contribution in [2.24, 2.45) is 0 Å². The molecule has 0 saturated carbocycles. The van der Waals surface area contributed by atoms with Gasteiger partial charge < -0.3 is 4.40 Å². The van der Waals surface area contributed by atoms with Crippen molar-refractivity contribution in [3.63, 3.8) is 0 Å². The summed E-state index contributed by atoms with van der Waals surface area (Å²) in [5.74, 6) is -0.842. The summed E-state index contributed by atoms with van der Waals surface area (Å²) in [6, 6.07) is 19.0. The van der Waals surface area contributed by atoms with Gasteiger partial charge >= 0.3 is 0 Å². The average molecular weight is 430 g/mol. The number of aromatic nitrogens is 1. The maximum Gasteiger partial charge on any atom is 0.210 e. The van der Waals surface area contributed by atoms with Crippen molar-refractivity contribution in [2.45, 2.75) is 0 Å². The first-order valence-corrected chi connectivity index (χ1v) is 9.48. The highest BCUT2D eigenvalue weighted by atomic mass is 79.9. The van der Waals surface area contributed by atoms with Crippen molar-refractivity contribution >= 4 is 38.8 Å². The Morgan fingerprint density at radius 2 is 1.46 bits per heavy atom. The minimum absolute atomic E-state index is 0.167. The Labute approximate surface area is 168 Å². The van der Waals surface area contributed by atoms with Crippen molar-refractivity contribution in [2.75, 3.05) is 0 Å². The fourth-order valence-corrected chi connectivity index (χ4v) is 3.98. The summed E-state index contributed by atoms with van der Waals surface area (Å²) < 4.78 is 2.54. The van der Waals surface area contributed by atoms with Gasteiger partial charge in [-0.05, 0) is 42.5 Å². The number of hydrogen-bond donors (Lipinski definition) is 0. The van der Waals surface area contributed by atoms with Gasteiger partial charge in [0.2, 0.25) is 5.78 Å². The van der Waals surface area contributed by atoms with E-state index in [4.69, 9.17) is 0 Å². The van der Waals surface area contributed by atoms with Crippen LogP contribution >= 0.6 is 15.9 Å². The van der Waals surface area contributed by atoms with E-state index in [0.29, 0.717) is 22.2 Å². The second-order valence-corrected chi connectivity index (χ2v) is 7.54. The van der Waals surface area contributed by atoms with Crippen LogP contribution in [0.4, 0.5) is 0 Å². The molecule has 1 aliphatic carbocycles. The normalized spacial score (nSPS) is 12.8. The lowest BCUT2D eigenvalue weighted by Gasteiger charge is -2.21. The largest absolute Gasteiger partial charge is 0.313 e. The lowest BCUT2D eigenvalue weighted by molar-refractivity contribution is 0.0969. The number of carbonyl (C=O) groups excluding carboxylic acids is 3. The van der Waals surface area contributed by atoms with E-state index in [2.05, 4.69) is 15.9 Å². The van der Waals surface area contributed by atoms with Gasteiger partial charge in [-0.2, -0.15) is 0 Å². The quantitative estimate of drug-likeness (QED) is 0.382. The van der Waals surface area contributed by atoms with Gasteiger partial charge in [-0.15, -0.1) is 0 Å². The molecule has 0 spiro atoms. The first-order valence-electron chi connectivity index (χ1n) is 8.69. The molecule has 5 heteroatoms. The molecular weight excluding hydrogens is 418 g/mol. The molecule has 5 rings (SSSR count). The Morgan fingerprint density at radius 3 is 2.18 bits per heavy atom. The van der Waals surface area contributed by atoms with Gasteiger partial charge in [0.25, 0.3) is 0 Å². The van der Waals surface area contributed by atoms with Gasteiger partial charge in [0, 0.05) is 38.4 Å². The molecule has 28 heavy (non-hydrogen) atoms. The molecule has 0 fully saturated rings. The molecular formula is C23H12BrNO3. The minimum atomic E-state index is -0.304. The third kappa shape index (κ3) is 2.33. The molecule has 0 N–H and O–H groups in total. The summed E-state index contributed by atoms with van der Waals surface area (Å²) in [5.41, 5.74) is 2.50. The zero-order valence-electron chi connectivity index (χ0n) is 14.5. The number of halogens is 1. The first-order chi connectivity index (χ1) is 13.6. The smallest absolute Gasteiger partial charge is 0.210 e. The lowest BCUT2D eigenvalue weighted by Crippen LogP contribution is -2.26. The van der Waals surface area contributed by atoms with E-state index in [1.807, 2.05) is 6.07 Å². The number of ketones is 3. The maximum absolute atomic E-state index is 13.4. The Bertz CT molecular complexity index is 1320. The van der Waals surface area contributed by atoms with E-state index < -0.39 is 0 Å². The molecule has 1 aliphatic rings. The molecule has 0 atom stereocenters. The van der Waals surface area contributed by atoms with Crippen molar-refractivity contribution in [3.8, 4) is 0 Å². The number of hydrogen-bond acceptors (Lipinski definition) is 3. The van der Waals surface area contributed by atoms with Gasteiger partial charge in [-0.1, -0.05) is 40.2 Å². The van der Waals surface area contributed by atoms with E-state index in [1.54, 1.807) is 71.3 Å². The van der Waals surface area contributed by atoms with E-state index in [-0.39, 0.29) is 34.2 Å². The monoisotopic (exact) mass is 429 g/mol. The summed E-state index contributed by atoms with van der Waals surface area (Å²) in [5, 5.41) is 0. The summed E-state index contributed by atoms with van der Waals surface area (Å²) in [6.07, 6.45) is 1.74. The summed E-state index contributed by atoms with van der Waals surface area (Å²) in [7, 11) is 0. The standard InChI is InChI=1S/C23H12BrNO3/c24-14-9-7-13(8-10-14)21(26)20-19-18(12-15-4-3-11-25(15)20)22(27)16-5-1-2-6-17(16)23(19)28/h1-12H. The highest BCUT2D eigenvalue weighted by Crippen LogP contribution is 2.32. The average Bonchev–Trinajstić information content (AvgIpc) is 3.19. The van der Waals surface area contributed by atoms with Gasteiger partial charge in [-0.3, -0.25) is 14.4 Å². The zero-order chi connectivity index (χ0) is 19.4. The van der Waals surface area contributed by atoms with Crippen LogP contribution in [-0.2, 0) is 0 Å². The van der Waals surface area contributed by atoms with Crippen LogP contribution in [0.1, 0.15) is 47.9 Å². The van der Waals surface area contributed by atoms with Crippen LogP contribution in [0.2, 0.25) is 0 Å². The van der Waals surface area contributed by atoms with E-state index in [0.717, 1.165) is 4.47 Å². The number of nitrogens with zero attached hydrogens (tertiary/aromatic N) is 1. The number of carbonyl (C=O) groups is 3. The predicted molar refractivity (Wildman–Crippen MR) is 108 cm³/mol. The Hall–Kier alpha value is -3.31. The molecule has 2 heterocycles. The van der Waals surface area contributed by atoms with Crippen LogP contribution in [0, 0.1) is 0 Å². The lowest BCUT2D eigenvalue weighted by atomic mass is 9.82. The number of rotatable bonds is 2. The first kappa shape index (κ1) is 16.8. The highest BCUT2D eigenvalue weighted by molar-refractivity contribution is 9.10. The third-order valence-electron chi connectivity index (χ3n) is 5.03. The number of benzene rings is 2. The maximum atomic E-state index is 13.4. The Morgan fingerprint density at radius 1 is 0.786 bits per heavy atom. The minimum Gasteiger partial charge on any atom is -0.313 e. The van der Waals surface area contributed by atoms with E-state index >= 15 is 0 Å². The third-order valence-corrected chi connectivity index (χ3v) is 5.56. The molecule has 0 amide bonds. The number of pyridine rings is 1. The van der Waals surface area contributed by atoms with Gasteiger partial charge in [-0.25, -0.2) is 0 Å². The molecule has 134 valence electrons. The summed E-state index contributed by atoms with van der Waals surface area (Å²) in [6.45, 7) is 0. The highest BCUT2D eigenvalue weighted by Gasteiger charge is 2.35. The van der Waals surface area contributed by atoms with Crippen molar-refractivity contribution in [3.05, 3.63) is 111 Å². The Balaban J connectivity index is 1.84.